The Morgan fingerprint density at radius 3 is 2.31 bits per heavy atom. The first-order chi connectivity index (χ1) is 12.2. The van der Waals surface area contributed by atoms with Crippen LogP contribution < -0.4 is 16.0 Å². The minimum Gasteiger partial charge on any atom is -0.347 e. The second kappa shape index (κ2) is 8.10. The van der Waals surface area contributed by atoms with Gasteiger partial charge in [0.25, 0.3) is 11.8 Å². The predicted octanol–water partition coefficient (Wildman–Crippen LogP) is 3.65. The summed E-state index contributed by atoms with van der Waals surface area (Å²) in [5.74, 6) is -0.517. The number of nitrogens with one attached hydrogen (secondary N) is 3. The maximum absolute atomic E-state index is 12.5. The summed E-state index contributed by atoms with van der Waals surface area (Å²) in [6.45, 7) is 7.65. The van der Waals surface area contributed by atoms with Crippen molar-refractivity contribution >= 4 is 34.8 Å². The van der Waals surface area contributed by atoms with Gasteiger partial charge in [-0.25, -0.2) is 0 Å². The van der Waals surface area contributed by atoms with Crippen LogP contribution >= 0.6 is 12.2 Å². The largest absolute Gasteiger partial charge is 0.347 e. The van der Waals surface area contributed by atoms with Crippen molar-refractivity contribution in [3.05, 3.63) is 65.2 Å². The number of rotatable bonds is 3. The van der Waals surface area contributed by atoms with Crippen LogP contribution in [-0.2, 0) is 0 Å². The molecule has 6 heteroatoms. The Bertz CT molecular complexity index is 841. The molecule has 0 aromatic heterocycles. The van der Waals surface area contributed by atoms with Crippen molar-refractivity contribution in [2.75, 3.05) is 5.32 Å². The summed E-state index contributed by atoms with van der Waals surface area (Å²) in [4.78, 5) is 24.7. The predicted molar refractivity (Wildman–Crippen MR) is 109 cm³/mol. The summed E-state index contributed by atoms with van der Waals surface area (Å²) < 4.78 is 0. The van der Waals surface area contributed by atoms with Crippen LogP contribution in [0.5, 0.6) is 0 Å². The third-order valence-corrected chi connectivity index (χ3v) is 3.62. The Hall–Kier alpha value is -2.73. The zero-order valence-corrected chi connectivity index (χ0v) is 16.2. The number of hydrogen-bond acceptors (Lipinski definition) is 3. The SMILES string of the molecule is Cc1cccc(C(=O)NC(=S)Nc2ccccc2C(=O)NC(C)(C)C)c1. The van der Waals surface area contributed by atoms with E-state index in [0.29, 0.717) is 16.8 Å². The van der Waals surface area contributed by atoms with Gasteiger partial charge in [-0.05, 0) is 64.2 Å². The number of aryl methyl sites for hydroxylation is 1. The third kappa shape index (κ3) is 5.67. The lowest BCUT2D eigenvalue weighted by atomic mass is 10.1. The molecule has 2 aromatic carbocycles. The van der Waals surface area contributed by atoms with E-state index in [0.717, 1.165) is 5.56 Å². The number of carbonyl (C=O) groups excluding carboxylic acids is 2. The van der Waals surface area contributed by atoms with Crippen LogP contribution in [-0.4, -0.2) is 22.5 Å². The molecular weight excluding hydrogens is 346 g/mol. The first kappa shape index (κ1) is 19.6. The minimum absolute atomic E-state index is 0.132. The summed E-state index contributed by atoms with van der Waals surface area (Å²) in [6, 6.07) is 14.2. The number of carbonyl (C=O) groups is 2. The van der Waals surface area contributed by atoms with Crippen LogP contribution in [0.2, 0.25) is 0 Å². The van der Waals surface area contributed by atoms with Gasteiger partial charge in [-0.3, -0.25) is 14.9 Å². The summed E-state index contributed by atoms with van der Waals surface area (Å²) in [7, 11) is 0. The van der Waals surface area contributed by atoms with Crippen molar-refractivity contribution in [2.24, 2.45) is 0 Å². The van der Waals surface area contributed by atoms with Gasteiger partial charge in [-0.1, -0.05) is 29.8 Å². The van der Waals surface area contributed by atoms with Gasteiger partial charge in [0, 0.05) is 11.1 Å². The molecule has 0 spiro atoms. The van der Waals surface area contributed by atoms with E-state index in [1.807, 2.05) is 39.8 Å². The topological polar surface area (TPSA) is 70.2 Å². The Kier molecular flexibility index (Phi) is 6.10. The molecule has 2 aromatic rings. The van der Waals surface area contributed by atoms with E-state index in [1.54, 1.807) is 36.4 Å². The second-order valence-corrected chi connectivity index (χ2v) is 7.44. The molecule has 0 heterocycles. The Morgan fingerprint density at radius 1 is 0.962 bits per heavy atom. The quantitative estimate of drug-likeness (QED) is 0.722. The monoisotopic (exact) mass is 369 g/mol. The van der Waals surface area contributed by atoms with E-state index in [2.05, 4.69) is 16.0 Å². The van der Waals surface area contributed by atoms with Gasteiger partial charge < -0.3 is 10.6 Å². The number of benzene rings is 2. The molecule has 0 aliphatic carbocycles. The van der Waals surface area contributed by atoms with Crippen LogP contribution in [0.3, 0.4) is 0 Å². The average Bonchev–Trinajstić information content (AvgIpc) is 2.53. The highest BCUT2D eigenvalue weighted by molar-refractivity contribution is 7.80. The highest BCUT2D eigenvalue weighted by atomic mass is 32.1. The molecule has 26 heavy (non-hydrogen) atoms. The Balaban J connectivity index is 2.10. The fourth-order valence-corrected chi connectivity index (χ4v) is 2.52. The van der Waals surface area contributed by atoms with E-state index in [1.165, 1.54) is 0 Å². The van der Waals surface area contributed by atoms with Crippen molar-refractivity contribution in [3.63, 3.8) is 0 Å². The van der Waals surface area contributed by atoms with Gasteiger partial charge in [0.2, 0.25) is 0 Å². The van der Waals surface area contributed by atoms with Gasteiger partial charge in [0.05, 0.1) is 11.3 Å². The van der Waals surface area contributed by atoms with Crippen LogP contribution in [0.25, 0.3) is 0 Å². The fourth-order valence-electron chi connectivity index (χ4n) is 2.31. The van der Waals surface area contributed by atoms with Gasteiger partial charge in [-0.15, -0.1) is 0 Å². The van der Waals surface area contributed by atoms with Crippen LogP contribution in [0.1, 0.15) is 47.1 Å². The molecule has 0 unspecified atom stereocenters. The normalized spacial score (nSPS) is 10.8. The summed E-state index contributed by atoms with van der Waals surface area (Å²) in [6.07, 6.45) is 0. The molecule has 0 bridgehead atoms. The molecule has 136 valence electrons. The maximum Gasteiger partial charge on any atom is 0.257 e. The molecule has 0 saturated carbocycles. The smallest absolute Gasteiger partial charge is 0.257 e. The summed E-state index contributed by atoms with van der Waals surface area (Å²) in [5, 5.41) is 8.61. The highest BCUT2D eigenvalue weighted by Crippen LogP contribution is 2.16. The van der Waals surface area contributed by atoms with Crippen molar-refractivity contribution in [1.82, 2.24) is 10.6 Å². The van der Waals surface area contributed by atoms with E-state index < -0.39 is 0 Å². The molecule has 0 aliphatic rings. The van der Waals surface area contributed by atoms with Gasteiger partial charge >= 0.3 is 0 Å². The molecule has 0 atom stereocenters. The number of thiocarbonyl (C=S) groups is 1. The zero-order valence-electron chi connectivity index (χ0n) is 15.3. The highest BCUT2D eigenvalue weighted by Gasteiger charge is 2.18. The molecule has 3 N–H and O–H groups in total. The first-order valence-electron chi connectivity index (χ1n) is 8.26. The van der Waals surface area contributed by atoms with Gasteiger partial charge in [-0.2, -0.15) is 0 Å². The van der Waals surface area contributed by atoms with E-state index >= 15 is 0 Å². The lowest BCUT2D eigenvalue weighted by Gasteiger charge is -2.21. The molecule has 0 fully saturated rings. The van der Waals surface area contributed by atoms with E-state index in [9.17, 15) is 9.59 Å². The average molecular weight is 369 g/mol. The van der Waals surface area contributed by atoms with Crippen molar-refractivity contribution in [3.8, 4) is 0 Å². The molecular formula is C20H23N3O2S. The molecule has 2 amide bonds. The Labute approximate surface area is 159 Å². The van der Waals surface area contributed by atoms with Crippen LogP contribution in [0.4, 0.5) is 5.69 Å². The summed E-state index contributed by atoms with van der Waals surface area (Å²) in [5.41, 5.74) is 2.14. The van der Waals surface area contributed by atoms with E-state index in [-0.39, 0.29) is 22.5 Å². The number of hydrogen-bond donors (Lipinski definition) is 3. The number of para-hydroxylation sites is 1. The summed E-state index contributed by atoms with van der Waals surface area (Å²) >= 11 is 5.23. The molecule has 5 nitrogen and oxygen atoms in total. The lowest BCUT2D eigenvalue weighted by molar-refractivity contribution is 0.0919. The van der Waals surface area contributed by atoms with E-state index in [4.69, 9.17) is 12.2 Å². The van der Waals surface area contributed by atoms with Gasteiger partial charge in [0.15, 0.2) is 5.11 Å². The second-order valence-electron chi connectivity index (χ2n) is 7.03. The van der Waals surface area contributed by atoms with Crippen LogP contribution in [0.15, 0.2) is 48.5 Å². The fraction of sp³-hybridized carbons (Fsp3) is 0.250. The van der Waals surface area contributed by atoms with Crippen molar-refractivity contribution in [2.45, 2.75) is 33.2 Å². The van der Waals surface area contributed by atoms with Crippen LogP contribution in [0, 0.1) is 6.92 Å². The third-order valence-electron chi connectivity index (χ3n) is 3.42. The first-order valence-corrected chi connectivity index (χ1v) is 8.67. The lowest BCUT2D eigenvalue weighted by Crippen LogP contribution is -2.41. The molecule has 0 aliphatic heterocycles. The van der Waals surface area contributed by atoms with Crippen molar-refractivity contribution in [1.29, 1.82) is 0 Å². The minimum atomic E-state index is -0.357. The van der Waals surface area contributed by atoms with Gasteiger partial charge in [0.1, 0.15) is 0 Å². The molecule has 0 saturated heterocycles. The Morgan fingerprint density at radius 2 is 1.65 bits per heavy atom. The molecule has 0 radical (unpaired) electrons. The maximum atomic E-state index is 12.5. The zero-order chi connectivity index (χ0) is 19.3. The number of amides is 2. The molecule has 2 rings (SSSR count). The number of anilines is 1. The van der Waals surface area contributed by atoms with Crippen molar-refractivity contribution < 1.29 is 9.59 Å². The standard InChI is InChI=1S/C20H23N3O2S/c1-13-8-7-9-14(12-13)17(24)22-19(26)21-16-11-6-5-10-15(16)18(25)23-20(2,3)4/h5-12H,1-4H3,(H,23,25)(H2,21,22,24,26).